The molecule has 3 aromatic rings. The maximum Gasteiger partial charge on any atom is 0.335 e. The fourth-order valence-corrected chi connectivity index (χ4v) is 2.85. The predicted molar refractivity (Wildman–Crippen MR) is 88.2 cm³/mol. The Hall–Kier alpha value is -3.42. The Bertz CT molecular complexity index is 986. The van der Waals surface area contributed by atoms with E-state index in [1.165, 1.54) is 35.3 Å². The van der Waals surface area contributed by atoms with Crippen LogP contribution >= 0.6 is 0 Å². The topological polar surface area (TPSA) is 86.5 Å². The molecule has 3 heterocycles. The third kappa shape index (κ3) is 2.85. The van der Waals surface area contributed by atoms with Crippen LogP contribution in [0.4, 0.5) is 4.39 Å². The Labute approximate surface area is 147 Å². The average Bonchev–Trinajstić information content (AvgIpc) is 3.31. The van der Waals surface area contributed by atoms with Gasteiger partial charge in [-0.05, 0) is 23.8 Å². The monoisotopic (exact) mass is 355 g/mol. The van der Waals surface area contributed by atoms with Crippen molar-refractivity contribution in [2.45, 2.75) is 13.0 Å². The number of hydrogen-bond donors (Lipinski definition) is 1. The van der Waals surface area contributed by atoms with Crippen molar-refractivity contribution >= 4 is 5.97 Å². The number of halogens is 1. The van der Waals surface area contributed by atoms with Gasteiger partial charge in [0.05, 0.1) is 18.4 Å². The quantitative estimate of drug-likeness (QED) is 0.757. The van der Waals surface area contributed by atoms with Gasteiger partial charge < -0.3 is 14.6 Å². The molecule has 4 rings (SSSR count). The molecule has 0 radical (unpaired) electrons. The first kappa shape index (κ1) is 16.1. The molecule has 26 heavy (non-hydrogen) atoms. The molecule has 0 aliphatic carbocycles. The Morgan fingerprint density at radius 3 is 3.04 bits per heavy atom. The first-order valence-corrected chi connectivity index (χ1v) is 7.93. The van der Waals surface area contributed by atoms with Crippen molar-refractivity contribution in [3.63, 3.8) is 0 Å². The van der Waals surface area contributed by atoms with Crippen LogP contribution in [0.5, 0.6) is 11.6 Å². The smallest absolute Gasteiger partial charge is 0.335 e. The van der Waals surface area contributed by atoms with Crippen molar-refractivity contribution < 1.29 is 23.8 Å². The molecule has 0 unspecified atom stereocenters. The summed E-state index contributed by atoms with van der Waals surface area (Å²) >= 11 is 0. The molecule has 1 aliphatic heterocycles. The third-order valence-electron chi connectivity index (χ3n) is 4.10. The van der Waals surface area contributed by atoms with Crippen LogP contribution in [0.15, 0.2) is 42.7 Å². The van der Waals surface area contributed by atoms with Crippen molar-refractivity contribution in [3.05, 3.63) is 65.2 Å². The lowest BCUT2D eigenvalue weighted by Gasteiger charge is -2.11. The highest BCUT2D eigenvalue weighted by Crippen LogP contribution is 2.32. The van der Waals surface area contributed by atoms with E-state index in [9.17, 15) is 9.18 Å². The number of aromatic nitrogens is 3. The third-order valence-corrected chi connectivity index (χ3v) is 4.10. The molecule has 2 aromatic heterocycles. The van der Waals surface area contributed by atoms with Crippen LogP contribution < -0.4 is 9.47 Å². The minimum absolute atomic E-state index is 0.102. The van der Waals surface area contributed by atoms with Gasteiger partial charge in [0.1, 0.15) is 6.61 Å². The summed E-state index contributed by atoms with van der Waals surface area (Å²) in [5.74, 6) is -0.406. The summed E-state index contributed by atoms with van der Waals surface area (Å²) in [4.78, 5) is 15.3. The molecule has 1 aromatic carbocycles. The normalized spacial score (nSPS) is 12.5. The minimum atomic E-state index is -1.05. The van der Waals surface area contributed by atoms with Crippen LogP contribution in [0.1, 0.15) is 21.5 Å². The number of benzene rings is 1. The van der Waals surface area contributed by atoms with Crippen LogP contribution in [0, 0.1) is 5.82 Å². The largest absolute Gasteiger partial charge is 0.490 e. The van der Waals surface area contributed by atoms with Crippen LogP contribution in [0.3, 0.4) is 0 Å². The molecule has 0 spiro atoms. The van der Waals surface area contributed by atoms with E-state index in [1.807, 2.05) is 0 Å². The zero-order valence-corrected chi connectivity index (χ0v) is 13.6. The number of rotatable bonds is 5. The molecule has 7 nitrogen and oxygen atoms in total. The summed E-state index contributed by atoms with van der Waals surface area (Å²) in [7, 11) is 0. The lowest BCUT2D eigenvalue weighted by atomic mass is 10.1. The summed E-state index contributed by atoms with van der Waals surface area (Å²) in [6.45, 7) is 0.656. The summed E-state index contributed by atoms with van der Waals surface area (Å²) in [6, 6.07) is 7.49. The summed E-state index contributed by atoms with van der Waals surface area (Å²) < 4.78 is 26.3. The Morgan fingerprint density at radius 1 is 1.31 bits per heavy atom. The number of hydrogen-bond acceptors (Lipinski definition) is 5. The molecule has 1 aliphatic rings. The number of fused-ring (bicyclic) bond motifs is 1. The van der Waals surface area contributed by atoms with Gasteiger partial charge in [0.15, 0.2) is 17.4 Å². The van der Waals surface area contributed by atoms with Crippen LogP contribution in [-0.4, -0.2) is 32.4 Å². The van der Waals surface area contributed by atoms with Crippen molar-refractivity contribution in [2.75, 3.05) is 6.61 Å². The van der Waals surface area contributed by atoms with E-state index < -0.39 is 5.97 Å². The number of nitrogens with zero attached hydrogens (tertiary/aromatic N) is 3. The maximum absolute atomic E-state index is 13.7. The van der Waals surface area contributed by atoms with Gasteiger partial charge in [0.2, 0.25) is 5.88 Å². The van der Waals surface area contributed by atoms with Crippen molar-refractivity contribution in [1.82, 2.24) is 14.8 Å². The lowest BCUT2D eigenvalue weighted by molar-refractivity contribution is 0.0696. The van der Waals surface area contributed by atoms with Crippen molar-refractivity contribution in [3.8, 4) is 17.4 Å². The SMILES string of the molecule is O=C(O)c1ccnc(-n2nccc2OCc2ccc(F)c3c2CCO3)c1. The molecule has 0 amide bonds. The van der Waals surface area contributed by atoms with E-state index >= 15 is 0 Å². The molecule has 1 N–H and O–H groups in total. The second-order valence-corrected chi connectivity index (χ2v) is 5.69. The maximum atomic E-state index is 13.7. The highest BCUT2D eigenvalue weighted by molar-refractivity contribution is 5.87. The number of aromatic carboxylic acids is 1. The van der Waals surface area contributed by atoms with E-state index in [0.29, 0.717) is 24.7 Å². The van der Waals surface area contributed by atoms with Crippen LogP contribution in [-0.2, 0) is 13.0 Å². The lowest BCUT2D eigenvalue weighted by Crippen LogP contribution is -2.07. The molecule has 132 valence electrons. The molecular weight excluding hydrogens is 341 g/mol. The first-order valence-electron chi connectivity index (χ1n) is 7.93. The first-order chi connectivity index (χ1) is 12.6. The molecule has 8 heteroatoms. The van der Waals surface area contributed by atoms with E-state index in [0.717, 1.165) is 11.1 Å². The van der Waals surface area contributed by atoms with E-state index in [2.05, 4.69) is 10.1 Å². The Balaban J connectivity index is 1.58. The number of ether oxygens (including phenoxy) is 2. The molecular formula is C18H14FN3O4. The van der Waals surface area contributed by atoms with Crippen molar-refractivity contribution in [1.29, 1.82) is 0 Å². The van der Waals surface area contributed by atoms with Gasteiger partial charge in [0, 0.05) is 24.2 Å². The molecule has 0 saturated heterocycles. The number of pyridine rings is 1. The number of carboxylic acids is 1. The summed E-state index contributed by atoms with van der Waals surface area (Å²) in [6.07, 6.45) is 3.56. The Morgan fingerprint density at radius 2 is 2.19 bits per heavy atom. The molecule has 0 fully saturated rings. The van der Waals surface area contributed by atoms with Gasteiger partial charge in [0.25, 0.3) is 0 Å². The summed E-state index contributed by atoms with van der Waals surface area (Å²) in [5, 5.41) is 13.2. The fraction of sp³-hybridized carbons (Fsp3) is 0.167. The zero-order valence-electron chi connectivity index (χ0n) is 13.6. The van der Waals surface area contributed by atoms with Gasteiger partial charge >= 0.3 is 5.97 Å². The molecule has 0 bridgehead atoms. The highest BCUT2D eigenvalue weighted by Gasteiger charge is 2.21. The fourth-order valence-electron chi connectivity index (χ4n) is 2.85. The molecule has 0 saturated carbocycles. The average molecular weight is 355 g/mol. The van der Waals surface area contributed by atoms with E-state index in [-0.39, 0.29) is 23.7 Å². The van der Waals surface area contributed by atoms with Gasteiger partial charge in [-0.1, -0.05) is 6.07 Å². The zero-order chi connectivity index (χ0) is 18.1. The van der Waals surface area contributed by atoms with Crippen LogP contribution in [0.25, 0.3) is 5.82 Å². The number of carboxylic acid groups (broad SMARTS) is 1. The second kappa shape index (κ2) is 6.47. The highest BCUT2D eigenvalue weighted by atomic mass is 19.1. The van der Waals surface area contributed by atoms with Crippen molar-refractivity contribution in [2.24, 2.45) is 0 Å². The predicted octanol–water partition coefficient (Wildman–Crippen LogP) is 2.62. The standard InChI is InChI=1S/C18H14FN3O4/c19-14-2-1-12(13-5-8-25-17(13)14)10-26-16-4-7-21-22(16)15-9-11(18(23)24)3-6-20-15/h1-4,6-7,9H,5,8,10H2,(H,23,24). The van der Waals surface area contributed by atoms with Gasteiger partial charge in [-0.3, -0.25) is 0 Å². The van der Waals surface area contributed by atoms with Gasteiger partial charge in [-0.25, -0.2) is 14.2 Å². The molecule has 0 atom stereocenters. The Kier molecular flexibility index (Phi) is 4.00. The van der Waals surface area contributed by atoms with E-state index in [1.54, 1.807) is 12.1 Å². The second-order valence-electron chi connectivity index (χ2n) is 5.69. The van der Waals surface area contributed by atoms with Gasteiger partial charge in [-0.15, -0.1) is 0 Å². The van der Waals surface area contributed by atoms with Crippen LogP contribution in [0.2, 0.25) is 0 Å². The van der Waals surface area contributed by atoms with Gasteiger partial charge in [-0.2, -0.15) is 9.78 Å². The summed E-state index contributed by atoms with van der Waals surface area (Å²) in [5.41, 5.74) is 1.74. The minimum Gasteiger partial charge on any atom is -0.490 e. The van der Waals surface area contributed by atoms with E-state index in [4.69, 9.17) is 14.6 Å². The number of carbonyl (C=O) groups is 1.